The van der Waals surface area contributed by atoms with Gasteiger partial charge in [0.05, 0.1) is 5.56 Å². The number of aromatic amines is 2. The number of rotatable bonds is 19. The van der Waals surface area contributed by atoms with Crippen molar-refractivity contribution in [2.75, 3.05) is 19.6 Å². The number of benzene rings is 6. The monoisotopic (exact) mass is 1170 g/mol. The van der Waals surface area contributed by atoms with E-state index in [4.69, 9.17) is 29.9 Å². The fourth-order valence-electron chi connectivity index (χ4n) is 11.2. The van der Waals surface area contributed by atoms with Gasteiger partial charge in [0, 0.05) is 86.2 Å². The number of allylic oxidation sites excluding steroid dienone is 2. The molecule has 3 amide bonds. The Morgan fingerprint density at radius 1 is 0.477 bits per heavy atom. The number of fused-ring (bicyclic) bond motifs is 20. The lowest BCUT2D eigenvalue weighted by Gasteiger charge is -2.25. The zero-order valence-electron chi connectivity index (χ0n) is 46.6. The van der Waals surface area contributed by atoms with E-state index in [0.717, 1.165) is 36.0 Å². The second kappa shape index (κ2) is 24.4. The standard InChI is InChI=1S/C65H61N11O9S/c77-42-19-11-14-37(33-42)13-5-8-30-66-63(80)41-25-28-45-50(35-41)60-72-55(45)70-59-49-34-40(64(81)67-31-9-6-17-38-15-1-3-22-52(38)78)24-27-44(49)56(71-59)73-61-51-36-43(86(83,84)85)26-29-46(51)57(74-61)69-58-47-20-12-21-48(54(47)62(75-58)76-60)65(82)68-32-10-7-18-39-16-2-4-23-53(39)79/h1-4,11-12,14-16,19-28,33-35,77-79,83-85H,5-10,13,17-18,29-32,36H2,(H,66,80)(H,67,81)(H,68,82)(H2,69,70,71,72,73,74,75,76). The molecule has 3 aliphatic rings. The van der Waals surface area contributed by atoms with Gasteiger partial charge in [-0.3, -0.25) is 14.4 Å². The molecule has 3 aromatic heterocycles. The lowest BCUT2D eigenvalue weighted by molar-refractivity contribution is 0.0945. The summed E-state index contributed by atoms with van der Waals surface area (Å²) in [5.74, 6) is 0.350. The number of unbranched alkanes of at least 4 members (excludes halogenated alkanes) is 3. The Labute approximate surface area is 494 Å². The number of para-hydroxylation sites is 2. The molecule has 0 saturated carbocycles. The second-order valence-corrected chi connectivity index (χ2v) is 23.0. The summed E-state index contributed by atoms with van der Waals surface area (Å²) in [6.07, 6.45) is 7.76. The summed E-state index contributed by atoms with van der Waals surface area (Å²) >= 11 is 0. The van der Waals surface area contributed by atoms with Crippen LogP contribution in [0.2, 0.25) is 0 Å². The molecule has 0 saturated heterocycles. The number of H-pyrrole nitrogens is 2. The Morgan fingerprint density at radius 2 is 1.03 bits per heavy atom. The number of aryl methyl sites for hydroxylation is 3. The minimum Gasteiger partial charge on any atom is -0.508 e. The predicted molar refractivity (Wildman–Crippen MR) is 330 cm³/mol. The third kappa shape index (κ3) is 12.1. The van der Waals surface area contributed by atoms with Crippen LogP contribution in [0.3, 0.4) is 0 Å². The van der Waals surface area contributed by atoms with Crippen molar-refractivity contribution < 1.29 is 43.4 Å². The van der Waals surface area contributed by atoms with Crippen molar-refractivity contribution in [1.29, 1.82) is 0 Å². The molecule has 20 nitrogen and oxygen atoms in total. The van der Waals surface area contributed by atoms with Gasteiger partial charge >= 0.3 is 0 Å². The van der Waals surface area contributed by atoms with Crippen molar-refractivity contribution in [3.8, 4) is 62.8 Å². The molecule has 5 heterocycles. The minimum absolute atomic E-state index is 0.00540. The van der Waals surface area contributed by atoms with Crippen LogP contribution in [0.15, 0.2) is 138 Å². The Hall–Kier alpha value is -9.80. The molecule has 0 unspecified atom stereocenters. The Balaban J connectivity index is 0.962. The molecule has 12 rings (SSSR count). The van der Waals surface area contributed by atoms with E-state index in [2.05, 4.69) is 25.9 Å². The summed E-state index contributed by atoms with van der Waals surface area (Å²) in [4.78, 5) is 79.6. The van der Waals surface area contributed by atoms with Crippen molar-refractivity contribution in [3.63, 3.8) is 0 Å². The van der Waals surface area contributed by atoms with E-state index in [-0.39, 0.29) is 92.9 Å². The quantitative estimate of drug-likeness (QED) is 0.0335. The molecule has 6 aromatic carbocycles. The van der Waals surface area contributed by atoms with E-state index < -0.39 is 10.9 Å². The summed E-state index contributed by atoms with van der Waals surface area (Å²) < 4.78 is 31.6. The first-order valence-electron chi connectivity index (χ1n) is 28.5. The zero-order valence-corrected chi connectivity index (χ0v) is 47.4. The molecule has 21 heteroatoms. The van der Waals surface area contributed by atoms with Gasteiger partial charge in [-0.1, -0.05) is 66.7 Å². The molecule has 0 spiro atoms. The fourth-order valence-corrected chi connectivity index (χ4v) is 11.8. The first kappa shape index (κ1) is 56.7. The largest absolute Gasteiger partial charge is 0.508 e. The van der Waals surface area contributed by atoms with Gasteiger partial charge in [0.1, 0.15) is 50.7 Å². The van der Waals surface area contributed by atoms with E-state index in [9.17, 15) is 43.4 Å². The SMILES string of the molecule is O=C(NCCCCc1cccc(O)c1)c1ccc2c3nc4nc(nc5[nH]c(nc6nc(nc([nH]3)c2c1)-c1c(C(=O)NCCCCc2ccccc2O)cccc1-6)c1c5CC(S(O)(O)O)=CC1)-c1ccc(C(=O)NCCCCc2ccccc2O)cc1-4. The van der Waals surface area contributed by atoms with Crippen LogP contribution >= 0.6 is 10.9 Å². The Kier molecular flexibility index (Phi) is 16.1. The third-order valence-corrected chi connectivity index (χ3v) is 16.7. The van der Waals surface area contributed by atoms with Crippen molar-refractivity contribution >= 4 is 62.0 Å². The number of aromatic nitrogens is 8. The fraction of sp³-hybridized carbons (Fsp3) is 0.215. The van der Waals surface area contributed by atoms with E-state index in [1.54, 1.807) is 103 Å². The Morgan fingerprint density at radius 3 is 1.72 bits per heavy atom. The van der Waals surface area contributed by atoms with Crippen molar-refractivity contribution in [2.45, 2.75) is 70.6 Å². The third-order valence-electron chi connectivity index (χ3n) is 15.7. The van der Waals surface area contributed by atoms with Crippen LogP contribution in [0.4, 0.5) is 0 Å². The van der Waals surface area contributed by atoms with Gasteiger partial charge in [-0.25, -0.2) is 29.9 Å². The molecule has 0 fully saturated rings. The summed E-state index contributed by atoms with van der Waals surface area (Å²) in [6, 6.07) is 37.0. The number of amides is 3. The second-order valence-electron chi connectivity index (χ2n) is 21.5. The molecule has 0 radical (unpaired) electrons. The van der Waals surface area contributed by atoms with Gasteiger partial charge in [-0.2, -0.15) is 0 Å². The maximum Gasteiger partial charge on any atom is 0.252 e. The van der Waals surface area contributed by atoms with Crippen LogP contribution < -0.4 is 16.0 Å². The average molecular weight is 1170 g/mol. The molecule has 1 aliphatic carbocycles. The predicted octanol–water partition coefficient (Wildman–Crippen LogP) is 11.3. The van der Waals surface area contributed by atoms with Gasteiger partial charge in [-0.15, -0.1) is 0 Å². The van der Waals surface area contributed by atoms with Gasteiger partial charge < -0.3 is 54.9 Å². The van der Waals surface area contributed by atoms with Crippen LogP contribution in [0.1, 0.15) is 97.4 Å². The Bertz CT molecular complexity index is 4360. The summed E-state index contributed by atoms with van der Waals surface area (Å²) in [6.45, 7) is 1.12. The van der Waals surface area contributed by atoms with Crippen LogP contribution in [0, 0.1) is 0 Å². The molecule has 11 N–H and O–H groups in total. The molecular weight excluding hydrogens is 1110 g/mol. The number of carbonyl (C=O) groups excluding carboxylic acids is 3. The molecule has 9 aromatic rings. The molecule has 8 bridgehead atoms. The van der Waals surface area contributed by atoms with Crippen molar-refractivity contribution in [1.82, 2.24) is 55.8 Å². The topological polar surface area (TPSA) is 318 Å². The number of hydrogen-bond donors (Lipinski definition) is 11. The van der Waals surface area contributed by atoms with Gasteiger partial charge in [-0.05, 0) is 148 Å². The lowest BCUT2D eigenvalue weighted by Crippen LogP contribution is -2.25. The normalized spacial score (nSPS) is 12.7. The van der Waals surface area contributed by atoms with Crippen LogP contribution in [0.25, 0.3) is 78.9 Å². The van der Waals surface area contributed by atoms with Gasteiger partial charge in [0.2, 0.25) is 0 Å². The average Bonchev–Trinajstić information content (AvgIpc) is 1.84. The number of hydrogen-bond acceptors (Lipinski definition) is 15. The summed E-state index contributed by atoms with van der Waals surface area (Å²) in [7, 11) is -4.11. The van der Waals surface area contributed by atoms with Crippen molar-refractivity contribution in [2.24, 2.45) is 0 Å². The maximum atomic E-state index is 14.4. The minimum atomic E-state index is -4.11. The van der Waals surface area contributed by atoms with E-state index in [1.807, 2.05) is 30.3 Å². The molecule has 2 aliphatic heterocycles. The number of nitrogens with zero attached hydrogens (tertiary/aromatic N) is 6. The van der Waals surface area contributed by atoms with Crippen LogP contribution in [0.5, 0.6) is 17.2 Å². The van der Waals surface area contributed by atoms with Gasteiger partial charge in [0.15, 0.2) is 23.3 Å². The van der Waals surface area contributed by atoms with Gasteiger partial charge in [0.25, 0.3) is 17.7 Å². The first-order chi connectivity index (χ1) is 41.7. The van der Waals surface area contributed by atoms with E-state index in [0.29, 0.717) is 125 Å². The molecule has 86 heavy (non-hydrogen) atoms. The van der Waals surface area contributed by atoms with E-state index in [1.165, 1.54) is 0 Å². The molecule has 436 valence electrons. The van der Waals surface area contributed by atoms with Crippen LogP contribution in [-0.2, 0) is 32.1 Å². The smallest absolute Gasteiger partial charge is 0.252 e. The van der Waals surface area contributed by atoms with E-state index >= 15 is 0 Å². The zero-order chi connectivity index (χ0) is 59.5. The molecule has 0 atom stereocenters. The highest BCUT2D eigenvalue weighted by atomic mass is 32.3. The highest BCUT2D eigenvalue weighted by Crippen LogP contribution is 2.48. The number of aromatic hydroxyl groups is 3. The molecular formula is C65H61N11O9S. The summed E-state index contributed by atoms with van der Waals surface area (Å²) in [5, 5.41) is 40.7. The first-order valence-corrected chi connectivity index (χ1v) is 30.0. The lowest BCUT2D eigenvalue weighted by atomic mass is 10.00. The maximum absolute atomic E-state index is 14.4. The van der Waals surface area contributed by atoms with Crippen molar-refractivity contribution in [3.05, 3.63) is 183 Å². The van der Waals surface area contributed by atoms with Crippen LogP contribution in [-0.4, -0.2) is 106 Å². The highest BCUT2D eigenvalue weighted by molar-refractivity contribution is 8.22. The number of carbonyl (C=O) groups is 3. The number of phenols is 3. The number of phenolic OH excluding ortho intramolecular Hbond substituents is 3. The number of nitrogens with one attached hydrogen (secondary N) is 5. The highest BCUT2D eigenvalue weighted by Gasteiger charge is 2.31. The summed E-state index contributed by atoms with van der Waals surface area (Å²) in [5.41, 5.74) is 7.76.